The van der Waals surface area contributed by atoms with Gasteiger partial charge in [-0.3, -0.25) is 4.79 Å². The molecule has 2 fully saturated rings. The van der Waals surface area contributed by atoms with Gasteiger partial charge in [-0.2, -0.15) is 0 Å². The Labute approximate surface area is 70.5 Å². The molecule has 0 unspecified atom stereocenters. The molecule has 0 aromatic rings. The van der Waals surface area contributed by atoms with Crippen molar-refractivity contribution in [2.45, 2.75) is 31.2 Å². The van der Waals surface area contributed by atoms with Crippen LogP contribution in [0.25, 0.3) is 0 Å². The number of aliphatic hydroxyl groups is 1. The maximum atomic E-state index is 10.9. The molecule has 4 heteroatoms. The van der Waals surface area contributed by atoms with Gasteiger partial charge in [0.05, 0.1) is 13.2 Å². The molecule has 1 N–H and O–H groups in total. The van der Waals surface area contributed by atoms with Crippen LogP contribution in [-0.2, 0) is 14.3 Å². The van der Waals surface area contributed by atoms with Crippen molar-refractivity contribution in [1.82, 2.24) is 0 Å². The van der Waals surface area contributed by atoms with Gasteiger partial charge in [0.25, 0.3) is 0 Å². The number of carbonyl (C=O) groups excluding carboxylic acids is 1. The summed E-state index contributed by atoms with van der Waals surface area (Å²) in [6.45, 7) is 1.04. The first kappa shape index (κ1) is 8.16. The zero-order valence-electron chi connectivity index (χ0n) is 6.78. The number of hydrogen-bond acceptors (Lipinski definition) is 4. The maximum Gasteiger partial charge on any atom is 0.195 e. The molecule has 12 heavy (non-hydrogen) atoms. The van der Waals surface area contributed by atoms with Crippen molar-refractivity contribution in [1.29, 1.82) is 0 Å². The van der Waals surface area contributed by atoms with Crippen LogP contribution < -0.4 is 0 Å². The highest BCUT2D eigenvalue weighted by Crippen LogP contribution is 2.34. The first-order chi connectivity index (χ1) is 5.73. The second-order valence-corrected chi connectivity index (χ2v) is 3.27. The van der Waals surface area contributed by atoms with Crippen molar-refractivity contribution in [3.05, 3.63) is 0 Å². The molecule has 0 amide bonds. The van der Waals surface area contributed by atoms with Crippen LogP contribution in [0.4, 0.5) is 0 Å². The van der Waals surface area contributed by atoms with Crippen LogP contribution in [0.3, 0.4) is 0 Å². The molecule has 1 heterocycles. The molecular formula is C8H12O4. The van der Waals surface area contributed by atoms with E-state index in [1.807, 2.05) is 0 Å². The summed E-state index contributed by atoms with van der Waals surface area (Å²) in [5, 5.41) is 9.56. The maximum absolute atomic E-state index is 10.9. The van der Waals surface area contributed by atoms with Crippen LogP contribution in [0.5, 0.6) is 0 Å². The number of ether oxygens (including phenoxy) is 2. The van der Waals surface area contributed by atoms with Gasteiger partial charge in [0.2, 0.25) is 0 Å². The van der Waals surface area contributed by atoms with E-state index in [0.717, 1.165) is 0 Å². The normalized spacial score (nSPS) is 34.4. The standard InChI is InChI=1S/C8H12O4/c9-6-1-2-8(7(10)5-6)11-3-4-12-8/h7,10H,1-5H2/t7-/m0/s1. The average Bonchev–Trinajstić information content (AvgIpc) is 2.48. The monoisotopic (exact) mass is 172 g/mol. The summed E-state index contributed by atoms with van der Waals surface area (Å²) in [6.07, 6.45) is 0.339. The molecular weight excluding hydrogens is 160 g/mol. The molecule has 0 radical (unpaired) electrons. The lowest BCUT2D eigenvalue weighted by molar-refractivity contribution is -0.232. The molecule has 0 aromatic carbocycles. The summed E-state index contributed by atoms with van der Waals surface area (Å²) in [5.41, 5.74) is 0. The topological polar surface area (TPSA) is 55.8 Å². The molecule has 68 valence electrons. The summed E-state index contributed by atoms with van der Waals surface area (Å²) >= 11 is 0. The lowest BCUT2D eigenvalue weighted by Crippen LogP contribution is -2.48. The minimum atomic E-state index is -0.853. The van der Waals surface area contributed by atoms with Crippen molar-refractivity contribution in [3.8, 4) is 0 Å². The summed E-state index contributed by atoms with van der Waals surface area (Å²) in [7, 11) is 0. The Bertz CT molecular complexity index is 195. The van der Waals surface area contributed by atoms with Gasteiger partial charge in [0.1, 0.15) is 11.9 Å². The molecule has 2 aliphatic rings. The quantitative estimate of drug-likeness (QED) is 0.551. The van der Waals surface area contributed by atoms with Crippen molar-refractivity contribution in [2.75, 3.05) is 13.2 Å². The third kappa shape index (κ3) is 1.16. The minimum Gasteiger partial charge on any atom is -0.387 e. The van der Waals surface area contributed by atoms with E-state index in [1.165, 1.54) is 0 Å². The van der Waals surface area contributed by atoms with Crippen molar-refractivity contribution >= 4 is 5.78 Å². The number of carbonyl (C=O) groups is 1. The van der Waals surface area contributed by atoms with Gasteiger partial charge in [-0.05, 0) is 0 Å². The third-order valence-corrected chi connectivity index (χ3v) is 2.46. The largest absolute Gasteiger partial charge is 0.387 e. The van der Waals surface area contributed by atoms with Gasteiger partial charge in [0.15, 0.2) is 5.79 Å². The van der Waals surface area contributed by atoms with Gasteiger partial charge < -0.3 is 14.6 Å². The van der Waals surface area contributed by atoms with E-state index in [9.17, 15) is 9.90 Å². The fraction of sp³-hybridized carbons (Fsp3) is 0.875. The number of Topliss-reactive ketones (excluding diaryl/α,β-unsaturated/α-hetero) is 1. The van der Waals surface area contributed by atoms with Crippen LogP contribution in [0.15, 0.2) is 0 Å². The summed E-state index contributed by atoms with van der Waals surface area (Å²) in [4.78, 5) is 10.9. The molecule has 2 rings (SSSR count). The molecule has 1 atom stereocenters. The van der Waals surface area contributed by atoms with Gasteiger partial charge in [0, 0.05) is 19.3 Å². The summed E-state index contributed by atoms with van der Waals surface area (Å²) in [6, 6.07) is 0. The highest BCUT2D eigenvalue weighted by atomic mass is 16.7. The van der Waals surface area contributed by atoms with Gasteiger partial charge >= 0.3 is 0 Å². The number of hydrogen-bond donors (Lipinski definition) is 1. The van der Waals surface area contributed by atoms with Crippen LogP contribution in [0, 0.1) is 0 Å². The second-order valence-electron chi connectivity index (χ2n) is 3.27. The molecule has 1 saturated carbocycles. The Kier molecular flexibility index (Phi) is 1.90. The van der Waals surface area contributed by atoms with Gasteiger partial charge in [-0.25, -0.2) is 0 Å². The molecule has 4 nitrogen and oxygen atoms in total. The van der Waals surface area contributed by atoms with E-state index in [-0.39, 0.29) is 12.2 Å². The Morgan fingerprint density at radius 1 is 1.42 bits per heavy atom. The van der Waals surface area contributed by atoms with Gasteiger partial charge in [-0.15, -0.1) is 0 Å². The Morgan fingerprint density at radius 3 is 2.67 bits per heavy atom. The van der Waals surface area contributed by atoms with E-state index in [0.29, 0.717) is 26.1 Å². The van der Waals surface area contributed by atoms with Crippen molar-refractivity contribution in [3.63, 3.8) is 0 Å². The lowest BCUT2D eigenvalue weighted by atomic mass is 9.90. The zero-order valence-corrected chi connectivity index (χ0v) is 6.78. The summed E-state index contributed by atoms with van der Waals surface area (Å²) < 4.78 is 10.6. The first-order valence-corrected chi connectivity index (χ1v) is 4.21. The van der Waals surface area contributed by atoms with Crippen LogP contribution in [0.1, 0.15) is 19.3 Å². The first-order valence-electron chi connectivity index (χ1n) is 4.21. The van der Waals surface area contributed by atoms with E-state index < -0.39 is 11.9 Å². The highest BCUT2D eigenvalue weighted by molar-refractivity contribution is 5.80. The lowest BCUT2D eigenvalue weighted by Gasteiger charge is -2.35. The zero-order chi connectivity index (χ0) is 8.60. The number of ketones is 1. The summed E-state index contributed by atoms with van der Waals surface area (Å²) in [5.74, 6) is -0.763. The fourth-order valence-corrected chi connectivity index (χ4v) is 1.76. The van der Waals surface area contributed by atoms with Crippen LogP contribution in [0.2, 0.25) is 0 Å². The Hall–Kier alpha value is -0.450. The van der Waals surface area contributed by atoms with Crippen molar-refractivity contribution in [2.24, 2.45) is 0 Å². The molecule has 1 spiro atoms. The van der Waals surface area contributed by atoms with E-state index in [2.05, 4.69) is 0 Å². The van der Waals surface area contributed by atoms with E-state index in [1.54, 1.807) is 0 Å². The molecule has 0 aromatic heterocycles. The van der Waals surface area contributed by atoms with Gasteiger partial charge in [-0.1, -0.05) is 0 Å². The molecule has 1 saturated heterocycles. The molecule has 1 aliphatic carbocycles. The number of rotatable bonds is 0. The predicted octanol–water partition coefficient (Wildman–Crippen LogP) is -0.157. The third-order valence-electron chi connectivity index (χ3n) is 2.46. The fourth-order valence-electron chi connectivity index (χ4n) is 1.76. The Balaban J connectivity index is 2.10. The minimum absolute atomic E-state index is 0.0900. The highest BCUT2D eigenvalue weighted by Gasteiger charge is 2.47. The second kappa shape index (κ2) is 2.80. The number of aliphatic hydroxyl groups excluding tert-OH is 1. The predicted molar refractivity (Wildman–Crippen MR) is 39.5 cm³/mol. The van der Waals surface area contributed by atoms with Crippen LogP contribution >= 0.6 is 0 Å². The van der Waals surface area contributed by atoms with E-state index >= 15 is 0 Å². The van der Waals surface area contributed by atoms with Crippen molar-refractivity contribution < 1.29 is 19.4 Å². The molecule has 1 aliphatic heterocycles. The van der Waals surface area contributed by atoms with Crippen LogP contribution in [-0.4, -0.2) is 36.0 Å². The van der Waals surface area contributed by atoms with E-state index in [4.69, 9.17) is 9.47 Å². The SMILES string of the molecule is O=C1CCC2(OCCO2)[C@@H](O)C1. The average molecular weight is 172 g/mol. The molecule has 0 bridgehead atoms. The smallest absolute Gasteiger partial charge is 0.195 e. The Morgan fingerprint density at radius 2 is 2.08 bits per heavy atom.